The Morgan fingerprint density at radius 3 is 2.55 bits per heavy atom. The molecule has 1 nitrogen and oxygen atoms in total. The third-order valence-corrected chi connectivity index (χ3v) is 5.43. The number of hydrogen-bond donors (Lipinski definition) is 1. The Kier molecular flexibility index (Phi) is 5.70. The Morgan fingerprint density at radius 1 is 1.15 bits per heavy atom. The minimum atomic E-state index is 0.138. The SMILES string of the molecule is CCC(N)C(Sc1cccc(C)c1)c1ccccc1Br. The van der Waals surface area contributed by atoms with Crippen LogP contribution in [0.4, 0.5) is 0 Å². The number of rotatable bonds is 5. The van der Waals surface area contributed by atoms with Gasteiger partial charge >= 0.3 is 0 Å². The van der Waals surface area contributed by atoms with Crippen LogP contribution in [0.3, 0.4) is 0 Å². The highest BCUT2D eigenvalue weighted by Gasteiger charge is 2.21. The zero-order valence-corrected chi connectivity index (χ0v) is 14.2. The van der Waals surface area contributed by atoms with Crippen LogP contribution in [0.25, 0.3) is 0 Å². The van der Waals surface area contributed by atoms with E-state index in [-0.39, 0.29) is 11.3 Å². The molecule has 0 aromatic heterocycles. The molecule has 0 spiro atoms. The van der Waals surface area contributed by atoms with Crippen molar-refractivity contribution in [2.75, 3.05) is 0 Å². The number of nitrogens with two attached hydrogens (primary N) is 1. The van der Waals surface area contributed by atoms with Gasteiger partial charge in [-0.15, -0.1) is 11.8 Å². The van der Waals surface area contributed by atoms with Gasteiger partial charge in [0.25, 0.3) is 0 Å². The first-order valence-electron chi connectivity index (χ1n) is 6.85. The number of halogens is 1. The van der Waals surface area contributed by atoms with Gasteiger partial charge in [-0.2, -0.15) is 0 Å². The molecule has 0 aliphatic heterocycles. The topological polar surface area (TPSA) is 26.0 Å². The molecule has 20 heavy (non-hydrogen) atoms. The van der Waals surface area contributed by atoms with Crippen molar-refractivity contribution in [3.05, 3.63) is 64.1 Å². The maximum absolute atomic E-state index is 6.36. The number of thioether (sulfide) groups is 1. The summed E-state index contributed by atoms with van der Waals surface area (Å²) < 4.78 is 1.13. The predicted molar refractivity (Wildman–Crippen MR) is 92.2 cm³/mol. The highest BCUT2D eigenvalue weighted by atomic mass is 79.9. The van der Waals surface area contributed by atoms with E-state index in [9.17, 15) is 0 Å². The van der Waals surface area contributed by atoms with E-state index in [0.717, 1.165) is 10.9 Å². The molecular formula is C17H20BrNS. The van der Waals surface area contributed by atoms with E-state index in [4.69, 9.17) is 5.73 Å². The summed E-state index contributed by atoms with van der Waals surface area (Å²) in [6.45, 7) is 4.27. The Morgan fingerprint density at radius 2 is 1.90 bits per heavy atom. The summed E-state index contributed by atoms with van der Waals surface area (Å²) in [7, 11) is 0. The highest BCUT2D eigenvalue weighted by Crippen LogP contribution is 2.41. The van der Waals surface area contributed by atoms with Crippen LogP contribution >= 0.6 is 27.7 Å². The first-order chi connectivity index (χ1) is 9.61. The lowest BCUT2D eigenvalue weighted by Crippen LogP contribution is -2.25. The largest absolute Gasteiger partial charge is 0.326 e. The van der Waals surface area contributed by atoms with Crippen LogP contribution in [0.15, 0.2) is 57.9 Å². The minimum Gasteiger partial charge on any atom is -0.326 e. The maximum Gasteiger partial charge on any atom is 0.0506 e. The van der Waals surface area contributed by atoms with Crippen molar-refractivity contribution in [2.45, 2.75) is 36.5 Å². The van der Waals surface area contributed by atoms with Gasteiger partial charge in [-0.3, -0.25) is 0 Å². The first-order valence-corrected chi connectivity index (χ1v) is 8.52. The number of hydrogen-bond acceptors (Lipinski definition) is 2. The van der Waals surface area contributed by atoms with Crippen LogP contribution in [-0.4, -0.2) is 6.04 Å². The molecule has 0 bridgehead atoms. The van der Waals surface area contributed by atoms with Crippen LogP contribution in [0.5, 0.6) is 0 Å². The Balaban J connectivity index is 2.32. The fourth-order valence-electron chi connectivity index (χ4n) is 2.14. The predicted octanol–water partition coefficient (Wildman–Crippen LogP) is 5.33. The molecule has 2 atom stereocenters. The van der Waals surface area contributed by atoms with Crippen molar-refractivity contribution in [1.29, 1.82) is 0 Å². The van der Waals surface area contributed by atoms with Gasteiger partial charge in [0.1, 0.15) is 0 Å². The third-order valence-electron chi connectivity index (χ3n) is 3.32. The second kappa shape index (κ2) is 7.30. The summed E-state index contributed by atoms with van der Waals surface area (Å²) in [6, 6.07) is 17.1. The van der Waals surface area contributed by atoms with Crippen molar-refractivity contribution in [1.82, 2.24) is 0 Å². The quantitative estimate of drug-likeness (QED) is 0.738. The van der Waals surface area contributed by atoms with Gasteiger partial charge in [-0.1, -0.05) is 58.7 Å². The van der Waals surface area contributed by atoms with E-state index < -0.39 is 0 Å². The maximum atomic E-state index is 6.36. The lowest BCUT2D eigenvalue weighted by atomic mass is 10.0. The lowest BCUT2D eigenvalue weighted by Gasteiger charge is -2.24. The van der Waals surface area contributed by atoms with Gasteiger partial charge in [0.05, 0.1) is 5.25 Å². The van der Waals surface area contributed by atoms with Crippen LogP contribution in [0.2, 0.25) is 0 Å². The molecule has 2 rings (SSSR count). The van der Waals surface area contributed by atoms with E-state index >= 15 is 0 Å². The van der Waals surface area contributed by atoms with Crippen molar-refractivity contribution in [3.8, 4) is 0 Å². The van der Waals surface area contributed by atoms with Gasteiger partial charge in [-0.25, -0.2) is 0 Å². The first kappa shape index (κ1) is 15.6. The molecule has 0 saturated carbocycles. The summed E-state index contributed by atoms with van der Waals surface area (Å²) >= 11 is 5.50. The molecule has 0 saturated heterocycles. The average Bonchev–Trinajstić information content (AvgIpc) is 2.45. The molecule has 0 fully saturated rings. The number of aryl methyl sites for hydroxylation is 1. The molecule has 0 amide bonds. The third kappa shape index (κ3) is 3.87. The van der Waals surface area contributed by atoms with Gasteiger partial charge in [0.2, 0.25) is 0 Å². The summed E-state index contributed by atoms with van der Waals surface area (Å²) in [5.41, 5.74) is 8.92. The average molecular weight is 350 g/mol. The molecule has 2 aromatic rings. The Hall–Kier alpha value is -0.770. The fourth-order valence-corrected chi connectivity index (χ4v) is 4.22. The number of benzene rings is 2. The Labute approximate surface area is 134 Å². The summed E-state index contributed by atoms with van der Waals surface area (Å²) in [4.78, 5) is 1.27. The monoisotopic (exact) mass is 349 g/mol. The summed E-state index contributed by atoms with van der Waals surface area (Å²) in [5, 5.41) is 0.261. The smallest absolute Gasteiger partial charge is 0.0506 e. The molecule has 0 aliphatic rings. The molecular weight excluding hydrogens is 330 g/mol. The van der Waals surface area contributed by atoms with Crippen LogP contribution in [0.1, 0.15) is 29.7 Å². The van der Waals surface area contributed by atoms with Crippen molar-refractivity contribution >= 4 is 27.7 Å². The van der Waals surface area contributed by atoms with Gasteiger partial charge < -0.3 is 5.73 Å². The minimum absolute atomic E-state index is 0.138. The van der Waals surface area contributed by atoms with Crippen molar-refractivity contribution < 1.29 is 0 Å². The molecule has 0 heterocycles. The van der Waals surface area contributed by atoms with Crippen molar-refractivity contribution in [2.24, 2.45) is 5.73 Å². The van der Waals surface area contributed by atoms with E-state index in [2.05, 4.69) is 72.2 Å². The molecule has 0 radical (unpaired) electrons. The second-order valence-electron chi connectivity index (χ2n) is 4.95. The molecule has 2 N–H and O–H groups in total. The highest BCUT2D eigenvalue weighted by molar-refractivity contribution is 9.10. The summed E-state index contributed by atoms with van der Waals surface area (Å²) in [5.74, 6) is 0. The fraction of sp³-hybridized carbons (Fsp3) is 0.294. The molecule has 106 valence electrons. The molecule has 3 heteroatoms. The molecule has 2 unspecified atom stereocenters. The molecule has 2 aromatic carbocycles. The zero-order chi connectivity index (χ0) is 14.5. The van der Waals surface area contributed by atoms with Gasteiger partial charge in [0.15, 0.2) is 0 Å². The Bertz CT molecular complexity index is 570. The van der Waals surface area contributed by atoms with Gasteiger partial charge in [-0.05, 0) is 37.1 Å². The van der Waals surface area contributed by atoms with Gasteiger partial charge in [0, 0.05) is 15.4 Å². The molecule has 0 aliphatic carbocycles. The van der Waals surface area contributed by atoms with Crippen LogP contribution in [-0.2, 0) is 0 Å². The van der Waals surface area contributed by atoms with E-state index in [1.807, 2.05) is 17.8 Å². The van der Waals surface area contributed by atoms with E-state index in [1.165, 1.54) is 16.0 Å². The van der Waals surface area contributed by atoms with Crippen LogP contribution < -0.4 is 5.73 Å². The lowest BCUT2D eigenvalue weighted by molar-refractivity contribution is 0.633. The van der Waals surface area contributed by atoms with E-state index in [1.54, 1.807) is 0 Å². The standard InChI is InChI=1S/C17H20BrNS/c1-3-16(19)17(14-9-4-5-10-15(14)18)20-13-8-6-7-12(2)11-13/h4-11,16-17H,3,19H2,1-2H3. The van der Waals surface area contributed by atoms with E-state index in [0.29, 0.717) is 0 Å². The normalized spacial score (nSPS) is 14.0. The second-order valence-corrected chi connectivity index (χ2v) is 7.02. The van der Waals surface area contributed by atoms with Crippen molar-refractivity contribution in [3.63, 3.8) is 0 Å². The summed E-state index contributed by atoms with van der Waals surface area (Å²) in [6.07, 6.45) is 0.963. The van der Waals surface area contributed by atoms with Crippen LogP contribution in [0, 0.1) is 6.92 Å². The zero-order valence-electron chi connectivity index (χ0n) is 11.8.